The Labute approximate surface area is 133 Å². The van der Waals surface area contributed by atoms with E-state index in [9.17, 15) is 10.2 Å². The van der Waals surface area contributed by atoms with E-state index in [-0.39, 0.29) is 0 Å². The van der Waals surface area contributed by atoms with Crippen molar-refractivity contribution in [2.75, 3.05) is 6.61 Å². The van der Waals surface area contributed by atoms with Crippen LogP contribution in [0.15, 0.2) is 53.6 Å². The molecule has 0 aliphatic rings. The summed E-state index contributed by atoms with van der Waals surface area (Å²) < 4.78 is 5.29. The second-order valence-corrected chi connectivity index (χ2v) is 5.85. The number of aliphatic hydroxyl groups is 2. The summed E-state index contributed by atoms with van der Waals surface area (Å²) in [6, 6.07) is 9.58. The van der Waals surface area contributed by atoms with E-state index in [2.05, 4.69) is 26.8 Å². The van der Waals surface area contributed by atoms with Gasteiger partial charge < -0.3 is 14.9 Å². The SMILES string of the molecule is CC(C)=CCC/C(C)=C/COC(O)C(O)Cc1ccccc1. The fourth-order valence-corrected chi connectivity index (χ4v) is 2.05. The van der Waals surface area contributed by atoms with Crippen LogP contribution >= 0.6 is 0 Å². The van der Waals surface area contributed by atoms with Crippen molar-refractivity contribution in [2.45, 2.75) is 52.4 Å². The Kier molecular flexibility index (Phi) is 8.75. The van der Waals surface area contributed by atoms with Crippen molar-refractivity contribution in [1.82, 2.24) is 0 Å². The molecule has 0 aliphatic carbocycles. The van der Waals surface area contributed by atoms with Crippen molar-refractivity contribution in [2.24, 2.45) is 0 Å². The van der Waals surface area contributed by atoms with Gasteiger partial charge in [-0.3, -0.25) is 0 Å². The molecule has 0 radical (unpaired) electrons. The molecule has 0 saturated heterocycles. The van der Waals surface area contributed by atoms with Crippen LogP contribution in [-0.2, 0) is 11.2 Å². The minimum absolute atomic E-state index is 0.313. The molecule has 0 saturated carbocycles. The van der Waals surface area contributed by atoms with Crippen LogP contribution in [0.1, 0.15) is 39.2 Å². The summed E-state index contributed by atoms with van der Waals surface area (Å²) in [5, 5.41) is 19.8. The third-order valence-electron chi connectivity index (χ3n) is 3.41. The molecule has 0 fully saturated rings. The van der Waals surface area contributed by atoms with E-state index in [1.54, 1.807) is 0 Å². The van der Waals surface area contributed by atoms with Gasteiger partial charge in [-0.05, 0) is 39.2 Å². The molecule has 0 bridgehead atoms. The summed E-state index contributed by atoms with van der Waals surface area (Å²) in [5.41, 5.74) is 3.52. The number of hydrogen-bond acceptors (Lipinski definition) is 3. The molecule has 2 unspecified atom stereocenters. The lowest BCUT2D eigenvalue weighted by Gasteiger charge is -2.17. The highest BCUT2D eigenvalue weighted by atomic mass is 16.6. The lowest BCUT2D eigenvalue weighted by atomic mass is 10.1. The molecule has 22 heavy (non-hydrogen) atoms. The van der Waals surface area contributed by atoms with Gasteiger partial charge in [0.1, 0.15) is 6.10 Å². The molecule has 1 aromatic carbocycles. The quantitative estimate of drug-likeness (QED) is 0.541. The maximum absolute atomic E-state index is 9.94. The van der Waals surface area contributed by atoms with Crippen LogP contribution in [0.3, 0.4) is 0 Å². The van der Waals surface area contributed by atoms with Crippen LogP contribution in [0.5, 0.6) is 0 Å². The molecule has 0 amide bonds. The van der Waals surface area contributed by atoms with Gasteiger partial charge in [-0.2, -0.15) is 0 Å². The van der Waals surface area contributed by atoms with Gasteiger partial charge in [0.05, 0.1) is 6.61 Å². The second-order valence-electron chi connectivity index (χ2n) is 5.85. The van der Waals surface area contributed by atoms with Gasteiger partial charge in [-0.1, -0.05) is 53.6 Å². The Bertz CT molecular complexity index is 473. The molecule has 0 aliphatic heterocycles. The van der Waals surface area contributed by atoms with Gasteiger partial charge in [0.25, 0.3) is 0 Å². The first-order valence-electron chi connectivity index (χ1n) is 7.79. The fraction of sp³-hybridized carbons (Fsp3) is 0.474. The van der Waals surface area contributed by atoms with Gasteiger partial charge in [-0.25, -0.2) is 0 Å². The number of ether oxygens (including phenoxy) is 1. The maximum Gasteiger partial charge on any atom is 0.181 e. The van der Waals surface area contributed by atoms with Crippen molar-refractivity contribution < 1.29 is 14.9 Å². The van der Waals surface area contributed by atoms with Crippen LogP contribution in [0.25, 0.3) is 0 Å². The van der Waals surface area contributed by atoms with Gasteiger partial charge in [-0.15, -0.1) is 0 Å². The highest BCUT2D eigenvalue weighted by Crippen LogP contribution is 2.09. The summed E-state index contributed by atoms with van der Waals surface area (Å²) in [4.78, 5) is 0. The zero-order chi connectivity index (χ0) is 16.4. The second kappa shape index (κ2) is 10.3. The summed E-state index contributed by atoms with van der Waals surface area (Å²) >= 11 is 0. The minimum Gasteiger partial charge on any atom is -0.387 e. The smallest absolute Gasteiger partial charge is 0.181 e. The topological polar surface area (TPSA) is 49.7 Å². The van der Waals surface area contributed by atoms with E-state index in [0.717, 1.165) is 18.4 Å². The van der Waals surface area contributed by atoms with E-state index in [0.29, 0.717) is 13.0 Å². The number of aliphatic hydroxyl groups excluding tert-OH is 2. The molecule has 2 atom stereocenters. The first-order valence-corrected chi connectivity index (χ1v) is 7.79. The average molecular weight is 304 g/mol. The van der Waals surface area contributed by atoms with Crippen LogP contribution in [0.4, 0.5) is 0 Å². The number of rotatable bonds is 9. The first kappa shape index (κ1) is 18.6. The molecule has 0 spiro atoms. The fourth-order valence-electron chi connectivity index (χ4n) is 2.05. The zero-order valence-corrected chi connectivity index (χ0v) is 13.8. The van der Waals surface area contributed by atoms with E-state index in [1.807, 2.05) is 36.4 Å². The van der Waals surface area contributed by atoms with Gasteiger partial charge in [0.15, 0.2) is 6.29 Å². The lowest BCUT2D eigenvalue weighted by molar-refractivity contribution is -0.153. The Morgan fingerprint density at radius 2 is 1.77 bits per heavy atom. The number of hydrogen-bond donors (Lipinski definition) is 2. The number of benzene rings is 1. The van der Waals surface area contributed by atoms with Crippen LogP contribution in [0, 0.1) is 0 Å². The normalized spacial score (nSPS) is 14.5. The summed E-state index contributed by atoms with van der Waals surface area (Å²) in [6.45, 7) is 6.54. The lowest BCUT2D eigenvalue weighted by Crippen LogP contribution is -2.30. The summed E-state index contributed by atoms with van der Waals surface area (Å²) in [5.74, 6) is 0. The largest absolute Gasteiger partial charge is 0.387 e. The standard InChI is InChI=1S/C19H28O3/c1-15(2)8-7-9-16(3)12-13-22-19(21)18(20)14-17-10-5-4-6-11-17/h4-6,8,10-12,18-21H,7,9,13-14H2,1-3H3/b16-12+. The van der Waals surface area contributed by atoms with Gasteiger partial charge >= 0.3 is 0 Å². The van der Waals surface area contributed by atoms with E-state index >= 15 is 0 Å². The Balaban J connectivity index is 2.29. The molecule has 2 N–H and O–H groups in total. The number of allylic oxidation sites excluding steroid dienone is 3. The summed E-state index contributed by atoms with van der Waals surface area (Å²) in [7, 11) is 0. The van der Waals surface area contributed by atoms with Crippen LogP contribution < -0.4 is 0 Å². The van der Waals surface area contributed by atoms with Gasteiger partial charge in [0.2, 0.25) is 0 Å². The highest BCUT2D eigenvalue weighted by Gasteiger charge is 2.16. The predicted octanol–water partition coefficient (Wildman–Crippen LogP) is 3.62. The Morgan fingerprint density at radius 3 is 2.41 bits per heavy atom. The first-order chi connectivity index (χ1) is 10.5. The maximum atomic E-state index is 9.94. The van der Waals surface area contributed by atoms with Crippen LogP contribution in [-0.4, -0.2) is 29.2 Å². The van der Waals surface area contributed by atoms with E-state index < -0.39 is 12.4 Å². The van der Waals surface area contributed by atoms with Crippen molar-refractivity contribution in [3.63, 3.8) is 0 Å². The molecule has 122 valence electrons. The molecule has 1 rings (SSSR count). The van der Waals surface area contributed by atoms with Gasteiger partial charge in [0, 0.05) is 6.42 Å². The average Bonchev–Trinajstić information content (AvgIpc) is 2.47. The van der Waals surface area contributed by atoms with Crippen molar-refractivity contribution in [1.29, 1.82) is 0 Å². The Hall–Kier alpha value is -1.42. The van der Waals surface area contributed by atoms with E-state index in [4.69, 9.17) is 4.74 Å². The Morgan fingerprint density at radius 1 is 1.09 bits per heavy atom. The summed E-state index contributed by atoms with van der Waals surface area (Å²) in [6.07, 6.45) is 4.46. The van der Waals surface area contributed by atoms with Crippen LogP contribution in [0.2, 0.25) is 0 Å². The molecule has 0 heterocycles. The molecule has 1 aromatic rings. The van der Waals surface area contributed by atoms with E-state index in [1.165, 1.54) is 11.1 Å². The zero-order valence-electron chi connectivity index (χ0n) is 13.8. The molecular weight excluding hydrogens is 276 g/mol. The third kappa shape index (κ3) is 8.13. The highest BCUT2D eigenvalue weighted by molar-refractivity contribution is 5.15. The van der Waals surface area contributed by atoms with Crippen molar-refractivity contribution in [3.8, 4) is 0 Å². The molecule has 3 nitrogen and oxygen atoms in total. The third-order valence-corrected chi connectivity index (χ3v) is 3.41. The molecular formula is C19H28O3. The molecule has 3 heteroatoms. The monoisotopic (exact) mass is 304 g/mol. The minimum atomic E-state index is -1.16. The molecule has 0 aromatic heterocycles. The van der Waals surface area contributed by atoms with Crippen molar-refractivity contribution in [3.05, 3.63) is 59.2 Å². The van der Waals surface area contributed by atoms with Crippen molar-refractivity contribution >= 4 is 0 Å². The predicted molar refractivity (Wildman–Crippen MR) is 90.5 cm³/mol.